The maximum Gasteiger partial charge on any atom is 0.316 e. The highest BCUT2D eigenvalue weighted by Gasteiger charge is 2.56. The zero-order valence-corrected chi connectivity index (χ0v) is 15.1. The fourth-order valence-corrected chi connectivity index (χ4v) is 3.69. The van der Waals surface area contributed by atoms with Crippen LogP contribution in [0.15, 0.2) is 42.5 Å². The van der Waals surface area contributed by atoms with E-state index in [0.29, 0.717) is 11.0 Å². The molecule has 1 atom stereocenters. The van der Waals surface area contributed by atoms with Gasteiger partial charge in [0.2, 0.25) is 0 Å². The third-order valence-electron chi connectivity index (χ3n) is 4.99. The van der Waals surface area contributed by atoms with Gasteiger partial charge in [0.25, 0.3) is 0 Å². The zero-order chi connectivity index (χ0) is 18.7. The van der Waals surface area contributed by atoms with Crippen molar-refractivity contribution in [2.45, 2.75) is 31.2 Å². The number of halogens is 4. The van der Waals surface area contributed by atoms with Crippen LogP contribution in [0.4, 0.5) is 13.2 Å². The molecule has 4 nitrogen and oxygen atoms in total. The second kappa shape index (κ2) is 6.27. The Hall–Kier alpha value is -2.54. The van der Waals surface area contributed by atoms with Crippen LogP contribution in [-0.2, 0) is 22.7 Å². The molecule has 1 unspecified atom stereocenters. The van der Waals surface area contributed by atoms with Gasteiger partial charge in [0.05, 0.1) is 11.0 Å². The van der Waals surface area contributed by atoms with Gasteiger partial charge in [0.15, 0.2) is 5.82 Å². The van der Waals surface area contributed by atoms with Gasteiger partial charge in [-0.15, -0.1) is 12.4 Å². The van der Waals surface area contributed by atoms with Crippen molar-refractivity contribution in [3.05, 3.63) is 65.2 Å². The summed E-state index contributed by atoms with van der Waals surface area (Å²) in [5, 5.41) is 9.86. The summed E-state index contributed by atoms with van der Waals surface area (Å²) < 4.78 is 44.4. The highest BCUT2D eigenvalue weighted by molar-refractivity contribution is 5.85. The molecule has 0 bridgehead atoms. The van der Waals surface area contributed by atoms with Gasteiger partial charge in [-0.25, -0.2) is 9.37 Å². The van der Waals surface area contributed by atoms with Crippen molar-refractivity contribution < 1.29 is 23.1 Å². The van der Waals surface area contributed by atoms with E-state index in [-0.39, 0.29) is 24.5 Å². The quantitative estimate of drug-likeness (QED) is 0.697. The van der Waals surface area contributed by atoms with E-state index in [1.807, 2.05) is 6.92 Å². The third-order valence-corrected chi connectivity index (χ3v) is 4.99. The molecule has 2 heterocycles. The summed E-state index contributed by atoms with van der Waals surface area (Å²) in [5.74, 6) is -5.79. The molecule has 0 spiro atoms. The Balaban J connectivity index is 0.00000210. The summed E-state index contributed by atoms with van der Waals surface area (Å²) in [5.41, 5.74) is 0.00516. The van der Waals surface area contributed by atoms with Crippen LogP contribution in [0.5, 0.6) is 0 Å². The van der Waals surface area contributed by atoms with Crippen molar-refractivity contribution in [3.8, 4) is 0 Å². The number of nitrogens with zero attached hydrogens (tertiary/aromatic N) is 2. The first kappa shape index (κ1) is 19.2. The number of carbonyl (C=O) groups is 1. The summed E-state index contributed by atoms with van der Waals surface area (Å²) in [6.45, 7) is 1.63. The van der Waals surface area contributed by atoms with E-state index >= 15 is 0 Å². The lowest BCUT2D eigenvalue weighted by molar-refractivity contribution is -0.153. The number of imidazole rings is 1. The number of carboxylic acids is 1. The number of alkyl halides is 2. The molecule has 3 aromatic rings. The summed E-state index contributed by atoms with van der Waals surface area (Å²) in [6.07, 6.45) is -0.927. The Labute approximate surface area is 159 Å². The van der Waals surface area contributed by atoms with Crippen LogP contribution >= 0.6 is 12.4 Å². The Bertz CT molecular complexity index is 1030. The third kappa shape index (κ3) is 2.86. The Morgan fingerprint density at radius 2 is 1.85 bits per heavy atom. The lowest BCUT2D eigenvalue weighted by Gasteiger charge is -2.38. The fraction of sp³-hybridized carbons (Fsp3) is 0.263. The lowest BCUT2D eigenvalue weighted by Crippen LogP contribution is -2.49. The van der Waals surface area contributed by atoms with Crippen molar-refractivity contribution in [1.29, 1.82) is 0 Å². The first-order chi connectivity index (χ1) is 12.2. The number of hydrogen-bond acceptors (Lipinski definition) is 2. The van der Waals surface area contributed by atoms with Crippen molar-refractivity contribution >= 4 is 29.4 Å². The number of rotatable bonds is 2. The summed E-state index contributed by atoms with van der Waals surface area (Å²) in [7, 11) is 0. The lowest BCUT2D eigenvalue weighted by atomic mass is 9.73. The topological polar surface area (TPSA) is 55.1 Å². The van der Waals surface area contributed by atoms with Crippen LogP contribution in [0.1, 0.15) is 23.4 Å². The first-order valence-electron chi connectivity index (χ1n) is 8.08. The van der Waals surface area contributed by atoms with Crippen molar-refractivity contribution in [2.24, 2.45) is 0 Å². The van der Waals surface area contributed by atoms with E-state index in [2.05, 4.69) is 4.98 Å². The predicted molar refractivity (Wildman–Crippen MR) is 95.9 cm³/mol. The number of hydrogen-bond donors (Lipinski definition) is 1. The molecule has 1 aliphatic heterocycles. The highest BCUT2D eigenvalue weighted by atomic mass is 35.5. The molecule has 0 saturated carbocycles. The van der Waals surface area contributed by atoms with Crippen molar-refractivity contribution in [1.82, 2.24) is 9.55 Å². The molecule has 0 fully saturated rings. The summed E-state index contributed by atoms with van der Waals surface area (Å²) in [4.78, 5) is 16.2. The minimum atomic E-state index is -3.43. The van der Waals surface area contributed by atoms with Crippen LogP contribution in [0, 0.1) is 12.7 Å². The Morgan fingerprint density at radius 3 is 2.48 bits per heavy atom. The molecule has 0 radical (unpaired) electrons. The number of benzene rings is 2. The molecule has 8 heteroatoms. The van der Waals surface area contributed by atoms with Crippen LogP contribution in [0.3, 0.4) is 0 Å². The summed E-state index contributed by atoms with van der Waals surface area (Å²) in [6, 6.07) is 9.81. The second-order valence-electron chi connectivity index (χ2n) is 6.79. The van der Waals surface area contributed by atoms with Gasteiger partial charge >= 0.3 is 11.9 Å². The molecule has 27 heavy (non-hydrogen) atoms. The molecule has 1 aliphatic rings. The minimum Gasteiger partial charge on any atom is -0.481 e. The smallest absolute Gasteiger partial charge is 0.316 e. The van der Waals surface area contributed by atoms with Gasteiger partial charge in [0.1, 0.15) is 11.2 Å². The molecule has 0 saturated heterocycles. The predicted octanol–water partition coefficient (Wildman–Crippen LogP) is 4.42. The molecule has 0 amide bonds. The van der Waals surface area contributed by atoms with E-state index < -0.39 is 35.4 Å². The van der Waals surface area contributed by atoms with Gasteiger partial charge in [-0.1, -0.05) is 18.2 Å². The monoisotopic (exact) mass is 396 g/mol. The number of carboxylic acid groups (broad SMARTS) is 1. The van der Waals surface area contributed by atoms with E-state index in [9.17, 15) is 23.1 Å². The molecule has 2 aromatic carbocycles. The first-order valence-corrected chi connectivity index (χ1v) is 8.08. The van der Waals surface area contributed by atoms with E-state index in [1.54, 1.807) is 18.2 Å². The Morgan fingerprint density at radius 1 is 1.19 bits per heavy atom. The van der Waals surface area contributed by atoms with E-state index in [4.69, 9.17) is 0 Å². The molecule has 142 valence electrons. The van der Waals surface area contributed by atoms with Gasteiger partial charge in [-0.2, -0.15) is 8.78 Å². The van der Waals surface area contributed by atoms with Gasteiger partial charge in [0, 0.05) is 13.0 Å². The normalized spacial score (nSPS) is 20.7. The number of aromatic nitrogens is 2. The van der Waals surface area contributed by atoms with Gasteiger partial charge < -0.3 is 9.67 Å². The van der Waals surface area contributed by atoms with E-state index in [0.717, 1.165) is 17.7 Å². The number of aryl methyl sites for hydroxylation is 1. The minimum absolute atomic E-state index is 0. The maximum absolute atomic E-state index is 14.9. The second-order valence-corrected chi connectivity index (χ2v) is 6.79. The van der Waals surface area contributed by atoms with Crippen LogP contribution in [0.2, 0.25) is 0 Å². The molecule has 1 aromatic heterocycles. The van der Waals surface area contributed by atoms with Crippen LogP contribution < -0.4 is 0 Å². The standard InChI is InChI=1S/C19H15F3N2O2.ClH/c1-11-2-7-15-14(8-11)23-16-19(21,22)9-18(17(25)26,10-24(15)16)12-3-5-13(20)6-4-12;/h2-8H,9-10H2,1H3,(H,25,26);1H. The van der Waals surface area contributed by atoms with E-state index in [1.165, 1.54) is 16.7 Å². The average molecular weight is 397 g/mol. The van der Waals surface area contributed by atoms with Crippen molar-refractivity contribution in [3.63, 3.8) is 0 Å². The zero-order valence-electron chi connectivity index (χ0n) is 14.2. The van der Waals surface area contributed by atoms with Crippen molar-refractivity contribution in [2.75, 3.05) is 0 Å². The van der Waals surface area contributed by atoms with Gasteiger partial charge in [-0.3, -0.25) is 4.79 Å². The molecule has 1 N–H and O–H groups in total. The largest absolute Gasteiger partial charge is 0.481 e. The number of fused-ring (bicyclic) bond motifs is 3. The molecular formula is C19H16ClF3N2O2. The number of aliphatic carboxylic acids is 1. The molecule has 0 aliphatic carbocycles. The molecule has 4 rings (SSSR count). The highest BCUT2D eigenvalue weighted by Crippen LogP contribution is 2.48. The SMILES string of the molecule is Cc1ccc2c(c1)nc1n2CC(C(=O)O)(c2ccc(F)cc2)CC1(F)F.Cl. The fourth-order valence-electron chi connectivity index (χ4n) is 3.69. The molecular weight excluding hydrogens is 381 g/mol. The average Bonchev–Trinajstić information content (AvgIpc) is 2.93. The Kier molecular flexibility index (Phi) is 4.46. The van der Waals surface area contributed by atoms with Crippen LogP contribution in [-0.4, -0.2) is 20.6 Å². The van der Waals surface area contributed by atoms with Gasteiger partial charge in [-0.05, 0) is 42.3 Å². The summed E-state index contributed by atoms with van der Waals surface area (Å²) >= 11 is 0. The maximum atomic E-state index is 14.9. The van der Waals surface area contributed by atoms with Crippen LogP contribution in [0.25, 0.3) is 11.0 Å².